The fraction of sp³-hybridized carbons (Fsp3) is 0.600. The molecule has 1 unspecified atom stereocenters. The van der Waals surface area contributed by atoms with Crippen molar-refractivity contribution in [2.45, 2.75) is 12.5 Å². The molecule has 0 bridgehead atoms. The van der Waals surface area contributed by atoms with Gasteiger partial charge in [-0.05, 0) is 31.2 Å². The molecule has 0 aliphatic carbocycles. The van der Waals surface area contributed by atoms with Crippen molar-refractivity contribution in [1.29, 1.82) is 0 Å². The van der Waals surface area contributed by atoms with Gasteiger partial charge in [-0.3, -0.25) is 0 Å². The fourth-order valence-corrected chi connectivity index (χ4v) is 2.02. The second kappa shape index (κ2) is 11.1. The van der Waals surface area contributed by atoms with Crippen LogP contribution in [-0.4, -0.2) is 47.1 Å². The average molecular weight is 302 g/mol. The van der Waals surface area contributed by atoms with Crippen LogP contribution < -0.4 is 5.32 Å². The number of likely N-dealkylation sites (N-methyl/N-ethyl adjacent to an activating group) is 1. The van der Waals surface area contributed by atoms with Crippen molar-refractivity contribution in [3.05, 3.63) is 34.9 Å². The molecule has 0 amide bonds. The minimum Gasteiger partial charge on any atom is -0.385 e. The van der Waals surface area contributed by atoms with Gasteiger partial charge in [-0.25, -0.2) is 0 Å². The van der Waals surface area contributed by atoms with Gasteiger partial charge >= 0.3 is 0 Å². The average Bonchev–Trinajstić information content (AvgIpc) is 2.45. The van der Waals surface area contributed by atoms with Crippen molar-refractivity contribution in [2.75, 3.05) is 47.1 Å². The van der Waals surface area contributed by atoms with Crippen molar-refractivity contribution < 1.29 is 14.2 Å². The number of ether oxygens (including phenoxy) is 3. The van der Waals surface area contributed by atoms with Crippen molar-refractivity contribution in [2.24, 2.45) is 0 Å². The van der Waals surface area contributed by atoms with Crippen LogP contribution in [0.3, 0.4) is 0 Å². The highest BCUT2D eigenvalue weighted by Crippen LogP contribution is 2.20. The van der Waals surface area contributed by atoms with Crippen LogP contribution in [0.4, 0.5) is 0 Å². The molecule has 0 saturated heterocycles. The Balaban J connectivity index is 2.29. The third kappa shape index (κ3) is 7.22. The summed E-state index contributed by atoms with van der Waals surface area (Å²) in [5.41, 5.74) is 1.08. The minimum atomic E-state index is -0.0127. The molecule has 114 valence electrons. The third-order valence-corrected chi connectivity index (χ3v) is 3.03. The summed E-state index contributed by atoms with van der Waals surface area (Å²) in [5, 5.41) is 3.85. The lowest BCUT2D eigenvalue weighted by molar-refractivity contribution is 0.00141. The maximum atomic E-state index is 6.01. The summed E-state index contributed by atoms with van der Waals surface area (Å²) < 4.78 is 16.3. The van der Waals surface area contributed by atoms with E-state index in [9.17, 15) is 0 Å². The Labute approximate surface area is 126 Å². The second-order valence-electron chi connectivity index (χ2n) is 4.43. The number of rotatable bonds is 11. The molecule has 5 heteroatoms. The molecule has 0 radical (unpaired) electrons. The van der Waals surface area contributed by atoms with Crippen molar-refractivity contribution >= 4 is 11.6 Å². The van der Waals surface area contributed by atoms with Gasteiger partial charge in [0.2, 0.25) is 0 Å². The number of halogens is 1. The van der Waals surface area contributed by atoms with E-state index >= 15 is 0 Å². The summed E-state index contributed by atoms with van der Waals surface area (Å²) in [7, 11) is 3.60. The molecular weight excluding hydrogens is 278 g/mol. The monoisotopic (exact) mass is 301 g/mol. The van der Waals surface area contributed by atoms with Gasteiger partial charge in [-0.15, -0.1) is 0 Å². The second-order valence-corrected chi connectivity index (χ2v) is 4.87. The third-order valence-electron chi connectivity index (χ3n) is 2.79. The number of hydrogen-bond donors (Lipinski definition) is 1. The lowest BCUT2D eigenvalue weighted by Gasteiger charge is -2.18. The summed E-state index contributed by atoms with van der Waals surface area (Å²) in [4.78, 5) is 0. The molecule has 0 spiro atoms. The molecule has 0 saturated carbocycles. The van der Waals surface area contributed by atoms with Crippen LogP contribution >= 0.6 is 11.6 Å². The minimum absolute atomic E-state index is 0.0127. The summed E-state index contributed by atoms with van der Waals surface area (Å²) in [6.07, 6.45) is 0.895. The van der Waals surface area contributed by atoms with E-state index in [4.69, 9.17) is 25.8 Å². The number of benzene rings is 1. The standard InChI is InChI=1S/C15H24ClNO3/c1-17-12-15(13-5-3-6-14(16)11-13)20-10-9-19-8-4-7-18-2/h3,5-6,11,15,17H,4,7-10,12H2,1-2H3. The highest BCUT2D eigenvalue weighted by atomic mass is 35.5. The zero-order chi connectivity index (χ0) is 14.6. The highest BCUT2D eigenvalue weighted by molar-refractivity contribution is 6.30. The number of hydrogen-bond acceptors (Lipinski definition) is 4. The molecule has 1 atom stereocenters. The normalized spacial score (nSPS) is 12.6. The predicted octanol–water partition coefficient (Wildman–Crippen LogP) is 2.67. The molecule has 0 fully saturated rings. The van der Waals surface area contributed by atoms with Gasteiger partial charge in [0, 0.05) is 31.9 Å². The topological polar surface area (TPSA) is 39.7 Å². The Hall–Kier alpha value is -0.650. The van der Waals surface area contributed by atoms with Gasteiger partial charge < -0.3 is 19.5 Å². The fourth-order valence-electron chi connectivity index (χ4n) is 1.82. The maximum absolute atomic E-state index is 6.01. The molecule has 1 aromatic carbocycles. The van der Waals surface area contributed by atoms with E-state index in [2.05, 4.69) is 5.32 Å². The molecule has 1 aromatic rings. The van der Waals surface area contributed by atoms with Crippen molar-refractivity contribution in [3.8, 4) is 0 Å². The SMILES string of the molecule is CNCC(OCCOCCCOC)c1cccc(Cl)c1. The van der Waals surface area contributed by atoms with Crippen LogP contribution in [-0.2, 0) is 14.2 Å². The van der Waals surface area contributed by atoms with E-state index in [1.54, 1.807) is 7.11 Å². The molecular formula is C15H24ClNO3. The van der Waals surface area contributed by atoms with Gasteiger partial charge in [0.05, 0.1) is 19.3 Å². The molecule has 20 heavy (non-hydrogen) atoms. The summed E-state index contributed by atoms with van der Waals surface area (Å²) in [6, 6.07) is 7.75. The first-order valence-corrected chi connectivity index (χ1v) is 7.24. The first kappa shape index (κ1) is 17.4. The zero-order valence-electron chi connectivity index (χ0n) is 12.2. The molecule has 0 heterocycles. The lowest BCUT2D eigenvalue weighted by Crippen LogP contribution is -2.21. The number of methoxy groups -OCH3 is 1. The molecule has 4 nitrogen and oxygen atoms in total. The first-order chi connectivity index (χ1) is 9.77. The largest absolute Gasteiger partial charge is 0.385 e. The zero-order valence-corrected chi connectivity index (χ0v) is 13.0. The van der Waals surface area contributed by atoms with Crippen LogP contribution in [0.15, 0.2) is 24.3 Å². The lowest BCUT2D eigenvalue weighted by atomic mass is 10.1. The Kier molecular flexibility index (Phi) is 9.62. The van der Waals surface area contributed by atoms with Crippen LogP contribution in [0, 0.1) is 0 Å². The van der Waals surface area contributed by atoms with Crippen LogP contribution in [0.5, 0.6) is 0 Å². The summed E-state index contributed by atoms with van der Waals surface area (Å²) in [5.74, 6) is 0. The molecule has 0 aliphatic rings. The van der Waals surface area contributed by atoms with Gasteiger partial charge in [0.25, 0.3) is 0 Å². The van der Waals surface area contributed by atoms with E-state index in [-0.39, 0.29) is 6.10 Å². The van der Waals surface area contributed by atoms with Crippen molar-refractivity contribution in [1.82, 2.24) is 5.32 Å². The van der Waals surface area contributed by atoms with Crippen LogP contribution in [0.25, 0.3) is 0 Å². The molecule has 1 N–H and O–H groups in total. The molecule has 1 rings (SSSR count). The maximum Gasteiger partial charge on any atom is 0.0950 e. The summed E-state index contributed by atoms with van der Waals surface area (Å²) >= 11 is 6.01. The van der Waals surface area contributed by atoms with Crippen LogP contribution in [0.1, 0.15) is 18.1 Å². The van der Waals surface area contributed by atoms with Gasteiger partial charge in [0.15, 0.2) is 0 Å². The molecule has 0 aromatic heterocycles. The number of nitrogens with one attached hydrogen (secondary N) is 1. The Morgan fingerprint density at radius 2 is 2.05 bits per heavy atom. The van der Waals surface area contributed by atoms with Gasteiger partial charge in [0.1, 0.15) is 0 Å². The van der Waals surface area contributed by atoms with E-state index in [0.29, 0.717) is 19.8 Å². The van der Waals surface area contributed by atoms with Crippen molar-refractivity contribution in [3.63, 3.8) is 0 Å². The quantitative estimate of drug-likeness (QED) is 0.638. The van der Waals surface area contributed by atoms with E-state index in [1.165, 1.54) is 0 Å². The Morgan fingerprint density at radius 3 is 2.75 bits per heavy atom. The van der Waals surface area contributed by atoms with E-state index in [0.717, 1.165) is 30.2 Å². The van der Waals surface area contributed by atoms with E-state index in [1.807, 2.05) is 31.3 Å². The Bertz CT molecular complexity index is 363. The van der Waals surface area contributed by atoms with Gasteiger partial charge in [-0.1, -0.05) is 23.7 Å². The van der Waals surface area contributed by atoms with E-state index < -0.39 is 0 Å². The highest BCUT2D eigenvalue weighted by Gasteiger charge is 2.11. The smallest absolute Gasteiger partial charge is 0.0950 e. The molecule has 0 aliphatic heterocycles. The van der Waals surface area contributed by atoms with Crippen LogP contribution in [0.2, 0.25) is 5.02 Å². The predicted molar refractivity (Wildman–Crippen MR) is 81.4 cm³/mol. The summed E-state index contributed by atoms with van der Waals surface area (Å²) in [6.45, 7) is 3.32. The first-order valence-electron chi connectivity index (χ1n) is 6.86. The Morgan fingerprint density at radius 1 is 1.20 bits per heavy atom. The van der Waals surface area contributed by atoms with Gasteiger partial charge in [-0.2, -0.15) is 0 Å².